The summed E-state index contributed by atoms with van der Waals surface area (Å²) in [6.45, 7) is 3.05. The molecule has 4 fully saturated rings. The van der Waals surface area contributed by atoms with Crippen molar-refractivity contribution < 1.29 is 23.4 Å². The van der Waals surface area contributed by atoms with Gasteiger partial charge in [0.2, 0.25) is 5.95 Å². The molecule has 0 spiro atoms. The summed E-state index contributed by atoms with van der Waals surface area (Å²) in [6.07, 6.45) is 9.30. The summed E-state index contributed by atoms with van der Waals surface area (Å²) >= 11 is 0. The van der Waals surface area contributed by atoms with E-state index >= 15 is 0 Å². The summed E-state index contributed by atoms with van der Waals surface area (Å²) < 4.78 is 41.1. The fourth-order valence-corrected chi connectivity index (χ4v) is 7.05. The minimum Gasteiger partial charge on any atom is -0.508 e. The fourth-order valence-electron chi connectivity index (χ4n) is 7.05. The maximum Gasteiger partial charge on any atom is 0.321 e. The van der Waals surface area contributed by atoms with E-state index in [9.17, 15) is 13.9 Å². The molecule has 3 aromatic rings. The molecular formula is C30H32F2N6O3. The lowest BCUT2D eigenvalue weighted by molar-refractivity contribution is 0.106. The summed E-state index contributed by atoms with van der Waals surface area (Å²) in [7, 11) is 0. The van der Waals surface area contributed by atoms with Crippen LogP contribution >= 0.6 is 0 Å². The lowest BCUT2D eigenvalue weighted by Crippen LogP contribution is -2.51. The molecular weight excluding hydrogens is 530 g/mol. The number of nitrogens with zero attached hydrogens (tertiary/aromatic N) is 5. The predicted molar refractivity (Wildman–Crippen MR) is 148 cm³/mol. The number of rotatable bonds is 7. The first-order valence-corrected chi connectivity index (χ1v) is 14.2. The first kappa shape index (κ1) is 26.2. The molecule has 9 nitrogen and oxygen atoms in total. The Morgan fingerprint density at radius 3 is 2.76 bits per heavy atom. The summed E-state index contributed by atoms with van der Waals surface area (Å²) in [6, 6.07) is 6.62. The minimum atomic E-state index is -0.858. The summed E-state index contributed by atoms with van der Waals surface area (Å²) in [4.78, 5) is 18.3. The first-order valence-electron chi connectivity index (χ1n) is 14.2. The van der Waals surface area contributed by atoms with Gasteiger partial charge in [-0.15, -0.1) is 6.42 Å². The zero-order valence-electron chi connectivity index (χ0n) is 22.7. The van der Waals surface area contributed by atoms with Crippen molar-refractivity contribution in [2.45, 2.75) is 62.5 Å². The van der Waals surface area contributed by atoms with Crippen LogP contribution in [0.15, 0.2) is 24.3 Å². The molecule has 41 heavy (non-hydrogen) atoms. The Balaban J connectivity index is 1.19. The Morgan fingerprint density at radius 2 is 1.95 bits per heavy atom. The second-order valence-corrected chi connectivity index (χ2v) is 11.6. The van der Waals surface area contributed by atoms with Gasteiger partial charge < -0.3 is 24.8 Å². The fraction of sp³-hybridized carbons (Fsp3) is 0.500. The van der Waals surface area contributed by atoms with Crippen LogP contribution < -0.4 is 19.7 Å². The van der Waals surface area contributed by atoms with E-state index < -0.39 is 12.0 Å². The van der Waals surface area contributed by atoms with Crippen LogP contribution in [0.3, 0.4) is 0 Å². The van der Waals surface area contributed by atoms with E-state index in [1.807, 2.05) is 0 Å². The number of phenolic OH excluding ortho intramolecular Hbond substituents is 1. The topological polar surface area (TPSA) is 95.9 Å². The molecule has 3 unspecified atom stereocenters. The van der Waals surface area contributed by atoms with Gasteiger partial charge in [0, 0.05) is 49.6 Å². The monoisotopic (exact) mass is 562 g/mol. The molecule has 1 aromatic heterocycles. The molecule has 2 N–H and O–H groups in total. The van der Waals surface area contributed by atoms with Gasteiger partial charge in [-0.25, -0.2) is 8.78 Å². The lowest BCUT2D eigenvalue weighted by atomic mass is 9.95. The number of aromatic nitrogens is 3. The highest BCUT2D eigenvalue weighted by atomic mass is 19.1. The molecule has 2 bridgehead atoms. The Hall–Kier alpha value is -3.75. The smallest absolute Gasteiger partial charge is 0.321 e. The average Bonchev–Trinajstić information content (AvgIpc) is 3.61. The number of nitrogens with one attached hydrogen (secondary N) is 1. The van der Waals surface area contributed by atoms with Crippen molar-refractivity contribution in [1.82, 2.24) is 25.2 Å². The van der Waals surface area contributed by atoms with E-state index in [4.69, 9.17) is 20.9 Å². The number of terminal acetylenes is 1. The van der Waals surface area contributed by atoms with Crippen molar-refractivity contribution in [3.05, 3.63) is 41.5 Å². The van der Waals surface area contributed by atoms with Crippen LogP contribution in [0.1, 0.15) is 43.5 Å². The first-order chi connectivity index (χ1) is 19.9. The molecule has 0 amide bonds. The number of hydrogen-bond acceptors (Lipinski definition) is 9. The highest BCUT2D eigenvalue weighted by Crippen LogP contribution is 2.40. The van der Waals surface area contributed by atoms with Crippen molar-refractivity contribution in [3.8, 4) is 29.9 Å². The molecule has 4 aliphatic rings. The molecule has 0 aliphatic carbocycles. The minimum absolute atomic E-state index is 0.0400. The number of ether oxygens (including phenoxy) is 2. The lowest BCUT2D eigenvalue weighted by Gasteiger charge is -2.33. The SMILES string of the molecule is C#Cc1c(F)ccc2cc(O)cc(OCc3nc(OC[C@@]45CCCN4CC(F)C5)nc(N4CC5CCC(C4)N5)n3)c12. The zero-order valence-corrected chi connectivity index (χ0v) is 22.7. The van der Waals surface area contributed by atoms with Gasteiger partial charge in [-0.2, -0.15) is 15.0 Å². The van der Waals surface area contributed by atoms with Gasteiger partial charge in [-0.05, 0) is 49.7 Å². The van der Waals surface area contributed by atoms with Crippen molar-refractivity contribution in [2.75, 3.05) is 37.7 Å². The molecule has 5 heterocycles. The van der Waals surface area contributed by atoms with E-state index in [-0.39, 0.29) is 35.2 Å². The molecule has 214 valence electrons. The number of aromatic hydroxyl groups is 1. The van der Waals surface area contributed by atoms with Gasteiger partial charge in [0.1, 0.15) is 36.7 Å². The average molecular weight is 563 g/mol. The Bertz CT molecular complexity index is 1520. The predicted octanol–water partition coefficient (Wildman–Crippen LogP) is 3.33. The third-order valence-electron chi connectivity index (χ3n) is 8.90. The van der Waals surface area contributed by atoms with Crippen LogP contribution in [-0.4, -0.2) is 81.5 Å². The number of halogens is 2. The van der Waals surface area contributed by atoms with Gasteiger partial charge in [-0.1, -0.05) is 12.0 Å². The maximum absolute atomic E-state index is 14.5. The molecule has 7 rings (SSSR count). The van der Waals surface area contributed by atoms with E-state index in [1.54, 1.807) is 6.07 Å². The van der Waals surface area contributed by atoms with Gasteiger partial charge >= 0.3 is 6.01 Å². The van der Waals surface area contributed by atoms with Crippen molar-refractivity contribution in [2.24, 2.45) is 0 Å². The molecule has 0 saturated carbocycles. The number of alkyl halides is 1. The summed E-state index contributed by atoms with van der Waals surface area (Å²) in [5.41, 5.74) is -0.287. The van der Waals surface area contributed by atoms with Crippen LogP contribution in [-0.2, 0) is 6.61 Å². The van der Waals surface area contributed by atoms with Crippen LogP contribution in [0.2, 0.25) is 0 Å². The molecule has 4 aliphatic heterocycles. The normalized spacial score (nSPS) is 27.2. The third kappa shape index (κ3) is 4.89. The zero-order chi connectivity index (χ0) is 28.1. The quantitative estimate of drug-likeness (QED) is 0.421. The van der Waals surface area contributed by atoms with Crippen molar-refractivity contribution in [3.63, 3.8) is 0 Å². The maximum atomic E-state index is 14.5. The third-order valence-corrected chi connectivity index (χ3v) is 8.90. The van der Waals surface area contributed by atoms with E-state index in [1.165, 1.54) is 18.2 Å². The van der Waals surface area contributed by atoms with Gasteiger partial charge in [0.25, 0.3) is 0 Å². The second kappa shape index (κ2) is 10.3. The Kier molecular flexibility index (Phi) is 6.55. The van der Waals surface area contributed by atoms with Gasteiger partial charge in [0.05, 0.1) is 11.1 Å². The van der Waals surface area contributed by atoms with Crippen molar-refractivity contribution >= 4 is 16.7 Å². The van der Waals surface area contributed by atoms with Crippen LogP contribution in [0.4, 0.5) is 14.7 Å². The van der Waals surface area contributed by atoms with Gasteiger partial charge in [-0.3, -0.25) is 4.90 Å². The van der Waals surface area contributed by atoms with Gasteiger partial charge in [0.15, 0.2) is 5.82 Å². The number of phenols is 1. The second-order valence-electron chi connectivity index (χ2n) is 11.6. The largest absolute Gasteiger partial charge is 0.508 e. The number of anilines is 1. The van der Waals surface area contributed by atoms with Crippen LogP contribution in [0.25, 0.3) is 10.8 Å². The summed E-state index contributed by atoms with van der Waals surface area (Å²) in [5.74, 6) is 2.84. The highest BCUT2D eigenvalue weighted by Gasteiger charge is 2.49. The number of piperazine rings is 1. The standard InChI is InChI=1S/C30H32F2N6O3/c1-2-23-24(32)7-4-18-10-22(39)11-25(27(18)23)40-16-26-34-28(37-14-20-5-6-21(15-37)33-20)36-29(35-26)41-17-30-8-3-9-38(30)13-19(31)12-30/h1,4,7,10-11,19-21,33,39H,3,5-6,8-9,12-17H2/t19?,20?,21?,30-/m0/s1. The molecule has 2 aromatic carbocycles. The van der Waals surface area contributed by atoms with E-state index in [0.29, 0.717) is 54.2 Å². The highest BCUT2D eigenvalue weighted by molar-refractivity contribution is 5.94. The number of hydrogen-bond donors (Lipinski definition) is 2. The molecule has 0 radical (unpaired) electrons. The summed E-state index contributed by atoms with van der Waals surface area (Å²) in [5, 5.41) is 14.8. The van der Waals surface area contributed by atoms with Crippen LogP contribution in [0.5, 0.6) is 17.5 Å². The molecule has 4 saturated heterocycles. The van der Waals surface area contributed by atoms with E-state index in [0.717, 1.165) is 45.3 Å². The van der Waals surface area contributed by atoms with Crippen molar-refractivity contribution in [1.29, 1.82) is 0 Å². The number of benzene rings is 2. The van der Waals surface area contributed by atoms with Crippen LogP contribution in [0, 0.1) is 18.2 Å². The van der Waals surface area contributed by atoms with E-state index in [2.05, 4.69) is 31.0 Å². The molecule has 11 heteroatoms. The molecule has 4 atom stereocenters. The Morgan fingerprint density at radius 1 is 1.12 bits per heavy atom. The number of fused-ring (bicyclic) bond motifs is 4. The Labute approximate surface area is 236 Å².